The Morgan fingerprint density at radius 2 is 2.07 bits per heavy atom. The first kappa shape index (κ1) is 16.9. The van der Waals surface area contributed by atoms with Crippen molar-refractivity contribution in [2.45, 2.75) is 25.1 Å². The molecule has 0 radical (unpaired) electrons. The minimum atomic E-state index is -0.140. The highest BCUT2D eigenvalue weighted by Crippen LogP contribution is 2.33. The maximum atomic E-state index is 5.83. The number of nitrogens with one attached hydrogen (secondary N) is 1. The number of aliphatic imine (C=N–C) groups is 1. The van der Waals surface area contributed by atoms with E-state index in [-0.39, 0.29) is 6.17 Å². The minimum absolute atomic E-state index is 0.140. The van der Waals surface area contributed by atoms with Crippen molar-refractivity contribution in [2.75, 3.05) is 31.4 Å². The molecule has 1 saturated heterocycles. The molecule has 29 heavy (non-hydrogen) atoms. The summed E-state index contributed by atoms with van der Waals surface area (Å²) in [7, 11) is 0. The Labute approximate surface area is 168 Å². The van der Waals surface area contributed by atoms with Crippen LogP contribution in [0.3, 0.4) is 0 Å². The van der Waals surface area contributed by atoms with Crippen LogP contribution in [0, 0.1) is 0 Å². The smallest absolute Gasteiger partial charge is 0.216 e. The SMILES string of the molecule is c1ccc(C2NC3=NCN(CC4CCCO4)CN3c3nc4ccccc4n32)nc1. The number of hydrogen-bond acceptors (Lipinski definition) is 7. The lowest BCUT2D eigenvalue weighted by Crippen LogP contribution is -2.58. The molecule has 1 fully saturated rings. The summed E-state index contributed by atoms with van der Waals surface area (Å²) < 4.78 is 8.06. The van der Waals surface area contributed by atoms with Crippen LogP contribution in [0.25, 0.3) is 11.0 Å². The van der Waals surface area contributed by atoms with E-state index in [0.29, 0.717) is 12.8 Å². The number of anilines is 1. The van der Waals surface area contributed by atoms with Gasteiger partial charge >= 0.3 is 0 Å². The fourth-order valence-electron chi connectivity index (χ4n) is 4.44. The molecule has 1 N–H and O–H groups in total. The van der Waals surface area contributed by atoms with Gasteiger partial charge in [0.1, 0.15) is 0 Å². The normalized spacial score (nSPS) is 24.1. The van der Waals surface area contributed by atoms with Crippen molar-refractivity contribution < 1.29 is 4.74 Å². The molecule has 148 valence electrons. The molecule has 0 amide bonds. The van der Waals surface area contributed by atoms with Crippen LogP contribution in [0.4, 0.5) is 5.95 Å². The number of guanidine groups is 1. The summed E-state index contributed by atoms with van der Waals surface area (Å²) in [5, 5.41) is 3.60. The highest BCUT2D eigenvalue weighted by Gasteiger charge is 2.36. The van der Waals surface area contributed by atoms with Crippen molar-refractivity contribution in [3.05, 3.63) is 54.4 Å². The van der Waals surface area contributed by atoms with E-state index in [2.05, 4.69) is 42.9 Å². The molecule has 3 aliphatic heterocycles. The van der Waals surface area contributed by atoms with Crippen LogP contribution in [0.2, 0.25) is 0 Å². The van der Waals surface area contributed by atoms with Gasteiger partial charge in [-0.05, 0) is 37.1 Å². The number of imidazole rings is 1. The summed E-state index contributed by atoms with van der Waals surface area (Å²) in [5.74, 6) is 1.75. The van der Waals surface area contributed by atoms with E-state index in [1.165, 1.54) is 0 Å². The lowest BCUT2D eigenvalue weighted by molar-refractivity contribution is 0.0732. The molecular weight excluding hydrogens is 366 g/mol. The maximum absolute atomic E-state index is 5.83. The number of nitrogens with zero attached hydrogens (tertiary/aromatic N) is 6. The lowest BCUT2D eigenvalue weighted by atomic mass is 10.2. The van der Waals surface area contributed by atoms with Crippen molar-refractivity contribution in [2.24, 2.45) is 4.99 Å². The van der Waals surface area contributed by atoms with Crippen LogP contribution < -0.4 is 10.2 Å². The first-order valence-electron chi connectivity index (χ1n) is 10.2. The van der Waals surface area contributed by atoms with Gasteiger partial charge in [0.25, 0.3) is 0 Å². The largest absolute Gasteiger partial charge is 0.377 e. The number of para-hydroxylation sites is 2. The summed E-state index contributed by atoms with van der Waals surface area (Å²) in [4.78, 5) is 18.9. The van der Waals surface area contributed by atoms with Gasteiger partial charge in [-0.2, -0.15) is 0 Å². The molecule has 0 spiro atoms. The average molecular weight is 389 g/mol. The summed E-state index contributed by atoms with van der Waals surface area (Å²) >= 11 is 0. The second kappa shape index (κ2) is 6.82. The Balaban J connectivity index is 1.41. The van der Waals surface area contributed by atoms with Crippen LogP contribution in [-0.4, -0.2) is 58.0 Å². The zero-order valence-electron chi connectivity index (χ0n) is 16.1. The number of ether oxygens (including phenoxy) is 1. The van der Waals surface area contributed by atoms with Gasteiger partial charge in [0, 0.05) is 19.3 Å². The van der Waals surface area contributed by atoms with Crippen LogP contribution in [0.15, 0.2) is 53.7 Å². The first-order chi connectivity index (χ1) is 14.4. The molecule has 2 unspecified atom stereocenters. The van der Waals surface area contributed by atoms with Crippen LogP contribution in [0.1, 0.15) is 24.7 Å². The molecule has 3 aromatic rings. The highest BCUT2D eigenvalue weighted by molar-refractivity contribution is 5.98. The Morgan fingerprint density at radius 3 is 2.93 bits per heavy atom. The number of benzene rings is 1. The number of fused-ring (bicyclic) bond motifs is 5. The molecule has 0 bridgehead atoms. The van der Waals surface area contributed by atoms with Crippen molar-refractivity contribution in [1.29, 1.82) is 0 Å². The molecule has 0 saturated carbocycles. The lowest BCUT2D eigenvalue weighted by Gasteiger charge is -2.41. The Hall–Kier alpha value is -2.97. The third kappa shape index (κ3) is 2.87. The summed E-state index contributed by atoms with van der Waals surface area (Å²) in [6.07, 6.45) is 4.28. The number of rotatable bonds is 3. The van der Waals surface area contributed by atoms with Gasteiger partial charge in [0.2, 0.25) is 11.9 Å². The Morgan fingerprint density at radius 1 is 1.14 bits per heavy atom. The number of pyridine rings is 1. The van der Waals surface area contributed by atoms with Gasteiger partial charge in [-0.15, -0.1) is 0 Å². The van der Waals surface area contributed by atoms with Crippen LogP contribution in [-0.2, 0) is 4.74 Å². The van der Waals surface area contributed by atoms with E-state index < -0.39 is 0 Å². The maximum Gasteiger partial charge on any atom is 0.216 e. The fraction of sp³-hybridized carbons (Fsp3) is 0.381. The van der Waals surface area contributed by atoms with Crippen molar-refractivity contribution >= 4 is 22.9 Å². The fourth-order valence-corrected chi connectivity index (χ4v) is 4.44. The quantitative estimate of drug-likeness (QED) is 0.740. The predicted octanol–water partition coefficient (Wildman–Crippen LogP) is 2.15. The van der Waals surface area contributed by atoms with Crippen molar-refractivity contribution in [1.82, 2.24) is 24.8 Å². The zero-order valence-corrected chi connectivity index (χ0v) is 16.1. The first-order valence-corrected chi connectivity index (χ1v) is 10.2. The van der Waals surface area contributed by atoms with Gasteiger partial charge in [0.05, 0.1) is 36.2 Å². The van der Waals surface area contributed by atoms with E-state index in [1.807, 2.05) is 30.5 Å². The molecular formula is C21H23N7O. The van der Waals surface area contributed by atoms with Gasteiger partial charge in [-0.3, -0.25) is 19.4 Å². The van der Waals surface area contributed by atoms with E-state index in [4.69, 9.17) is 14.7 Å². The van der Waals surface area contributed by atoms with Crippen molar-refractivity contribution in [3.63, 3.8) is 0 Å². The Kier molecular flexibility index (Phi) is 3.98. The molecule has 2 aromatic heterocycles. The molecule has 1 aromatic carbocycles. The zero-order chi connectivity index (χ0) is 19.2. The number of aromatic nitrogens is 3. The Bertz CT molecular complexity index is 1060. The molecule has 8 nitrogen and oxygen atoms in total. The van der Waals surface area contributed by atoms with Gasteiger partial charge < -0.3 is 10.1 Å². The second-order valence-electron chi connectivity index (χ2n) is 7.75. The van der Waals surface area contributed by atoms with E-state index >= 15 is 0 Å². The standard InChI is InChI=1S/C21H23N7O/c1-2-9-18-16(7-1)24-21-27-14-26(12-15-6-5-11-29-15)13-23-20(27)25-19(28(18)21)17-8-3-4-10-22-17/h1-4,7-10,15,19H,5-6,11-14H2,(H,23,25). The molecule has 2 atom stereocenters. The van der Waals surface area contributed by atoms with Crippen LogP contribution >= 0.6 is 0 Å². The average Bonchev–Trinajstić information content (AvgIpc) is 3.42. The predicted molar refractivity (Wildman–Crippen MR) is 111 cm³/mol. The van der Waals surface area contributed by atoms with E-state index in [0.717, 1.165) is 61.3 Å². The van der Waals surface area contributed by atoms with E-state index in [9.17, 15) is 0 Å². The third-order valence-corrected chi connectivity index (χ3v) is 5.81. The van der Waals surface area contributed by atoms with Crippen LogP contribution in [0.5, 0.6) is 0 Å². The minimum Gasteiger partial charge on any atom is -0.377 e. The molecule has 3 aliphatic rings. The summed E-state index contributed by atoms with van der Waals surface area (Å²) in [6, 6.07) is 14.2. The highest BCUT2D eigenvalue weighted by atomic mass is 16.5. The van der Waals surface area contributed by atoms with Gasteiger partial charge in [-0.25, -0.2) is 9.98 Å². The van der Waals surface area contributed by atoms with E-state index in [1.54, 1.807) is 0 Å². The number of hydrogen-bond donors (Lipinski definition) is 1. The molecule has 5 heterocycles. The molecule has 8 heteroatoms. The topological polar surface area (TPSA) is 70.8 Å². The summed E-state index contributed by atoms with van der Waals surface area (Å²) in [5.41, 5.74) is 3.00. The van der Waals surface area contributed by atoms with Crippen molar-refractivity contribution in [3.8, 4) is 0 Å². The van der Waals surface area contributed by atoms with Gasteiger partial charge in [-0.1, -0.05) is 18.2 Å². The monoisotopic (exact) mass is 389 g/mol. The van der Waals surface area contributed by atoms with Gasteiger partial charge in [0.15, 0.2) is 6.17 Å². The second-order valence-corrected chi connectivity index (χ2v) is 7.75. The molecule has 6 rings (SSSR count). The summed E-state index contributed by atoms with van der Waals surface area (Å²) in [6.45, 7) is 3.18. The molecule has 0 aliphatic carbocycles. The third-order valence-electron chi connectivity index (χ3n) is 5.81.